The van der Waals surface area contributed by atoms with Crippen LogP contribution in [-0.2, 0) is 11.2 Å². The molecule has 0 unspecified atom stereocenters. The van der Waals surface area contributed by atoms with Gasteiger partial charge in [0.25, 0.3) is 0 Å². The topological polar surface area (TPSA) is 27.1 Å². The average molecular weight is 451 g/mol. The van der Waals surface area contributed by atoms with E-state index >= 15 is 0 Å². The molecular weight excluding hydrogens is 424 g/mol. The second kappa shape index (κ2) is 8.97. The number of benzene rings is 3. The van der Waals surface area contributed by atoms with E-state index < -0.39 is 0 Å². The molecule has 0 saturated heterocycles. The second-order valence-corrected chi connectivity index (χ2v) is 9.90. The number of rotatable bonds is 6. The zero-order chi connectivity index (χ0) is 22.0. The number of hydrogen-bond donors (Lipinski definition) is 0. The summed E-state index contributed by atoms with van der Waals surface area (Å²) in [6.45, 7) is 9.35. The minimum Gasteiger partial charge on any atom is -0.494 e. The number of halogens is 1. The molecule has 0 spiro atoms. The van der Waals surface area contributed by atoms with E-state index in [1.54, 1.807) is 11.8 Å². The highest BCUT2D eigenvalue weighted by molar-refractivity contribution is 7.98. The predicted octanol–water partition coefficient (Wildman–Crippen LogP) is 7.67. The lowest BCUT2D eigenvalue weighted by Crippen LogP contribution is -2.10. The van der Waals surface area contributed by atoms with Gasteiger partial charge in [0, 0.05) is 16.5 Å². The highest BCUT2D eigenvalue weighted by Gasteiger charge is 2.15. The number of nitrogens with zero attached hydrogens (tertiary/aromatic N) is 2. The third-order valence-corrected chi connectivity index (χ3v) is 6.42. The molecule has 1 heterocycles. The van der Waals surface area contributed by atoms with Crippen LogP contribution in [0.25, 0.3) is 16.7 Å². The summed E-state index contributed by atoms with van der Waals surface area (Å²) >= 11 is 8.04. The molecule has 0 aliphatic heterocycles. The molecule has 0 aliphatic carbocycles. The van der Waals surface area contributed by atoms with Crippen molar-refractivity contribution in [1.82, 2.24) is 9.55 Å². The van der Waals surface area contributed by atoms with Crippen molar-refractivity contribution in [3.8, 4) is 11.4 Å². The maximum Gasteiger partial charge on any atom is 0.174 e. The van der Waals surface area contributed by atoms with Crippen LogP contribution in [-0.4, -0.2) is 16.2 Å². The molecule has 3 nitrogen and oxygen atoms in total. The standard InChI is InChI=1S/C26H27ClN2OS/c1-5-30-22-13-11-21(12-14-22)29-24-16-20(27)10-15-23(24)28-25(29)31-17-18-6-8-19(9-7-18)26(2,3)4/h6-16H,5,17H2,1-4H3. The van der Waals surface area contributed by atoms with Gasteiger partial charge in [-0.25, -0.2) is 4.98 Å². The molecule has 0 aliphatic rings. The molecule has 0 fully saturated rings. The fourth-order valence-electron chi connectivity index (χ4n) is 3.48. The Labute approximate surface area is 193 Å². The van der Waals surface area contributed by atoms with Crippen LogP contribution in [0.4, 0.5) is 0 Å². The molecule has 0 radical (unpaired) electrons. The second-order valence-electron chi connectivity index (χ2n) is 8.53. The molecule has 3 aromatic carbocycles. The Morgan fingerprint density at radius 3 is 2.32 bits per heavy atom. The van der Waals surface area contributed by atoms with Crippen molar-refractivity contribution >= 4 is 34.4 Å². The van der Waals surface area contributed by atoms with Crippen LogP contribution in [0.1, 0.15) is 38.8 Å². The van der Waals surface area contributed by atoms with E-state index in [9.17, 15) is 0 Å². The quantitative estimate of drug-likeness (QED) is 0.282. The van der Waals surface area contributed by atoms with Crippen LogP contribution in [0, 0.1) is 0 Å². The molecule has 0 saturated carbocycles. The van der Waals surface area contributed by atoms with E-state index in [1.807, 2.05) is 37.3 Å². The highest BCUT2D eigenvalue weighted by Crippen LogP contribution is 2.32. The SMILES string of the molecule is CCOc1ccc(-n2c(SCc3ccc(C(C)(C)C)cc3)nc3ccc(Cl)cc32)cc1. The first-order valence-corrected chi connectivity index (χ1v) is 11.8. The van der Waals surface area contributed by atoms with Crippen molar-refractivity contribution in [2.45, 2.75) is 44.0 Å². The van der Waals surface area contributed by atoms with Crippen LogP contribution >= 0.6 is 23.4 Å². The summed E-state index contributed by atoms with van der Waals surface area (Å²) < 4.78 is 7.77. The zero-order valence-electron chi connectivity index (χ0n) is 18.4. The number of imidazole rings is 1. The predicted molar refractivity (Wildman–Crippen MR) is 132 cm³/mol. The van der Waals surface area contributed by atoms with Crippen molar-refractivity contribution in [3.63, 3.8) is 0 Å². The van der Waals surface area contributed by atoms with Gasteiger partial charge in [0.1, 0.15) is 5.75 Å². The van der Waals surface area contributed by atoms with E-state index in [1.165, 1.54) is 11.1 Å². The summed E-state index contributed by atoms with van der Waals surface area (Å²) in [6, 6.07) is 22.8. The van der Waals surface area contributed by atoms with Gasteiger partial charge in [0.05, 0.1) is 17.6 Å². The molecule has 31 heavy (non-hydrogen) atoms. The Hall–Kier alpha value is -2.43. The van der Waals surface area contributed by atoms with Gasteiger partial charge < -0.3 is 4.74 Å². The van der Waals surface area contributed by atoms with Crippen LogP contribution in [0.2, 0.25) is 5.02 Å². The van der Waals surface area contributed by atoms with Crippen LogP contribution in [0.3, 0.4) is 0 Å². The van der Waals surface area contributed by atoms with Crippen LogP contribution in [0.5, 0.6) is 5.75 Å². The van der Waals surface area contributed by atoms with E-state index in [2.05, 4.69) is 61.7 Å². The minimum atomic E-state index is 0.159. The summed E-state index contributed by atoms with van der Waals surface area (Å²) in [5, 5.41) is 1.65. The van der Waals surface area contributed by atoms with Gasteiger partial charge in [-0.3, -0.25) is 4.57 Å². The lowest BCUT2D eigenvalue weighted by molar-refractivity contribution is 0.340. The molecular formula is C26H27ClN2OS. The van der Waals surface area contributed by atoms with E-state index in [-0.39, 0.29) is 5.41 Å². The Balaban J connectivity index is 1.66. The largest absolute Gasteiger partial charge is 0.494 e. The molecule has 4 rings (SSSR count). The fourth-order valence-corrected chi connectivity index (χ4v) is 4.63. The van der Waals surface area contributed by atoms with Gasteiger partial charge in [-0.2, -0.15) is 0 Å². The molecule has 0 N–H and O–H groups in total. The van der Waals surface area contributed by atoms with Crippen molar-refractivity contribution in [1.29, 1.82) is 0 Å². The van der Waals surface area contributed by atoms with Gasteiger partial charge in [0.15, 0.2) is 5.16 Å². The fraction of sp³-hybridized carbons (Fsp3) is 0.269. The summed E-state index contributed by atoms with van der Waals surface area (Å²) in [6.07, 6.45) is 0. The molecule has 0 atom stereocenters. The Morgan fingerprint density at radius 2 is 1.68 bits per heavy atom. The van der Waals surface area contributed by atoms with Crippen molar-refractivity contribution in [2.75, 3.05) is 6.61 Å². The van der Waals surface area contributed by atoms with Crippen molar-refractivity contribution in [3.05, 3.63) is 82.9 Å². The first kappa shape index (κ1) is 21.8. The number of ether oxygens (including phenoxy) is 1. The third-order valence-electron chi connectivity index (χ3n) is 5.18. The number of fused-ring (bicyclic) bond motifs is 1. The van der Waals surface area contributed by atoms with Gasteiger partial charge in [0.2, 0.25) is 0 Å². The van der Waals surface area contributed by atoms with Crippen molar-refractivity contribution in [2.24, 2.45) is 0 Å². The Morgan fingerprint density at radius 1 is 0.968 bits per heavy atom. The van der Waals surface area contributed by atoms with E-state index in [0.29, 0.717) is 11.6 Å². The summed E-state index contributed by atoms with van der Waals surface area (Å²) in [4.78, 5) is 4.90. The van der Waals surface area contributed by atoms with Gasteiger partial charge >= 0.3 is 0 Å². The maximum atomic E-state index is 6.31. The average Bonchev–Trinajstić information content (AvgIpc) is 3.10. The van der Waals surface area contributed by atoms with E-state index in [0.717, 1.165) is 33.4 Å². The molecule has 4 aromatic rings. The van der Waals surface area contributed by atoms with Gasteiger partial charge in [-0.1, -0.05) is 68.4 Å². The molecule has 5 heteroatoms. The Bertz CT molecular complexity index is 1180. The lowest BCUT2D eigenvalue weighted by atomic mass is 9.87. The maximum absolute atomic E-state index is 6.31. The molecule has 0 amide bonds. The van der Waals surface area contributed by atoms with E-state index in [4.69, 9.17) is 21.3 Å². The summed E-state index contributed by atoms with van der Waals surface area (Å²) in [7, 11) is 0. The van der Waals surface area contributed by atoms with Crippen molar-refractivity contribution < 1.29 is 4.74 Å². The normalized spacial score (nSPS) is 11.8. The summed E-state index contributed by atoms with van der Waals surface area (Å²) in [5.74, 6) is 1.71. The molecule has 0 bridgehead atoms. The van der Waals surface area contributed by atoms with Gasteiger partial charge in [-0.15, -0.1) is 0 Å². The first-order valence-electron chi connectivity index (χ1n) is 10.5. The summed E-state index contributed by atoms with van der Waals surface area (Å²) in [5.41, 5.74) is 5.76. The lowest BCUT2D eigenvalue weighted by Gasteiger charge is -2.19. The number of thioether (sulfide) groups is 1. The monoisotopic (exact) mass is 450 g/mol. The zero-order valence-corrected chi connectivity index (χ0v) is 19.9. The first-order chi connectivity index (χ1) is 14.8. The number of hydrogen-bond acceptors (Lipinski definition) is 3. The van der Waals surface area contributed by atoms with Crippen LogP contribution < -0.4 is 4.74 Å². The minimum absolute atomic E-state index is 0.159. The molecule has 1 aromatic heterocycles. The number of aromatic nitrogens is 2. The smallest absolute Gasteiger partial charge is 0.174 e. The van der Waals surface area contributed by atoms with Crippen LogP contribution in [0.15, 0.2) is 71.9 Å². The van der Waals surface area contributed by atoms with Gasteiger partial charge in [-0.05, 0) is 65.9 Å². The third kappa shape index (κ3) is 4.91. The molecule has 160 valence electrons. The Kier molecular flexibility index (Phi) is 6.31. The highest BCUT2D eigenvalue weighted by atomic mass is 35.5.